The smallest absolute Gasteiger partial charge is 0.333 e. The molecule has 9 heteroatoms. The van der Waals surface area contributed by atoms with Crippen molar-refractivity contribution in [1.82, 2.24) is 10.6 Å². The molecule has 8 nitrogen and oxygen atoms in total. The van der Waals surface area contributed by atoms with Crippen molar-refractivity contribution in [3.63, 3.8) is 0 Å². The molecule has 2 N–H and O–H groups in total. The van der Waals surface area contributed by atoms with Gasteiger partial charge in [0.05, 0.1) is 19.4 Å². The van der Waals surface area contributed by atoms with E-state index in [1.54, 1.807) is 0 Å². The number of esters is 1. The molecule has 0 rings (SSSR count). The van der Waals surface area contributed by atoms with Crippen molar-refractivity contribution < 1.29 is 26.9 Å². The summed E-state index contributed by atoms with van der Waals surface area (Å²) in [5, 5.41) is 4.71. The fourth-order valence-corrected chi connectivity index (χ4v) is 1.39. The molecule has 0 aromatic carbocycles. The number of hydrogen-bond acceptors (Lipinski definition) is 6. The van der Waals surface area contributed by atoms with E-state index in [0.29, 0.717) is 0 Å². The van der Waals surface area contributed by atoms with Gasteiger partial charge in [0.25, 0.3) is 10.1 Å². The van der Waals surface area contributed by atoms with Gasteiger partial charge in [-0.2, -0.15) is 8.42 Å². The standard InChI is InChI=1S/C10H18N2O6S/c1-8(2)9(13)18-6-4-11-10(14)12-5-7-19(15,16)17-3/h1,4-7H2,2-3H3,(H2,11,12,14). The number of hydrogen-bond donors (Lipinski definition) is 2. The van der Waals surface area contributed by atoms with E-state index in [2.05, 4.69) is 21.4 Å². The molecule has 0 radical (unpaired) electrons. The van der Waals surface area contributed by atoms with E-state index >= 15 is 0 Å². The minimum absolute atomic E-state index is 0.00941. The Labute approximate surface area is 112 Å². The summed E-state index contributed by atoms with van der Waals surface area (Å²) in [5.74, 6) is -0.852. The summed E-state index contributed by atoms with van der Waals surface area (Å²) in [5.41, 5.74) is 0.272. The van der Waals surface area contributed by atoms with Gasteiger partial charge in [0, 0.05) is 12.1 Å². The number of nitrogens with one attached hydrogen (secondary N) is 2. The first-order valence-electron chi connectivity index (χ1n) is 5.41. The molecule has 0 bridgehead atoms. The van der Waals surface area contributed by atoms with Crippen LogP contribution in [0.2, 0.25) is 0 Å². The zero-order valence-electron chi connectivity index (χ0n) is 10.9. The fraction of sp³-hybridized carbons (Fsp3) is 0.600. The highest BCUT2D eigenvalue weighted by Gasteiger charge is 2.09. The van der Waals surface area contributed by atoms with E-state index in [0.717, 1.165) is 7.11 Å². The number of rotatable bonds is 8. The first-order valence-corrected chi connectivity index (χ1v) is 6.99. The zero-order chi connectivity index (χ0) is 14.9. The Bertz CT molecular complexity index is 431. The molecule has 0 fully saturated rings. The van der Waals surface area contributed by atoms with Gasteiger partial charge in [-0.05, 0) is 6.92 Å². The maximum atomic E-state index is 11.2. The first-order chi connectivity index (χ1) is 8.78. The summed E-state index contributed by atoms with van der Waals surface area (Å²) in [6.45, 7) is 4.96. The van der Waals surface area contributed by atoms with Gasteiger partial charge in [-0.15, -0.1) is 0 Å². The van der Waals surface area contributed by atoms with Gasteiger partial charge in [0.15, 0.2) is 0 Å². The van der Waals surface area contributed by atoms with Gasteiger partial charge in [0.2, 0.25) is 0 Å². The predicted octanol–water partition coefficient (Wildman–Crippen LogP) is -0.619. The first kappa shape index (κ1) is 17.4. The average molecular weight is 294 g/mol. The molecule has 0 saturated carbocycles. The summed E-state index contributed by atoms with van der Waals surface area (Å²) in [4.78, 5) is 22.2. The van der Waals surface area contributed by atoms with Crippen LogP contribution in [0, 0.1) is 0 Å². The molecule has 2 amide bonds. The average Bonchev–Trinajstić information content (AvgIpc) is 2.34. The third kappa shape index (κ3) is 9.03. The van der Waals surface area contributed by atoms with Crippen LogP contribution in [-0.4, -0.2) is 53.0 Å². The van der Waals surface area contributed by atoms with Crippen LogP contribution in [0.5, 0.6) is 0 Å². The molecule has 0 atom stereocenters. The monoisotopic (exact) mass is 294 g/mol. The lowest BCUT2D eigenvalue weighted by Crippen LogP contribution is -2.39. The third-order valence-electron chi connectivity index (χ3n) is 1.86. The minimum Gasteiger partial charge on any atom is -0.460 e. The summed E-state index contributed by atoms with van der Waals surface area (Å²) in [6.07, 6.45) is 0. The Hall–Kier alpha value is -1.61. The molecule has 0 heterocycles. The van der Waals surface area contributed by atoms with Crippen LogP contribution in [0.4, 0.5) is 4.79 Å². The summed E-state index contributed by atoms with van der Waals surface area (Å²) in [6, 6.07) is -0.558. The second-order valence-corrected chi connectivity index (χ2v) is 5.38. The number of ether oxygens (including phenoxy) is 1. The SMILES string of the molecule is C=C(C)C(=O)OCCNC(=O)NCCS(=O)(=O)OC. The lowest BCUT2D eigenvalue weighted by atomic mass is 10.4. The molecule has 0 aromatic heterocycles. The highest BCUT2D eigenvalue weighted by atomic mass is 32.2. The van der Waals surface area contributed by atoms with Gasteiger partial charge in [-0.3, -0.25) is 4.18 Å². The van der Waals surface area contributed by atoms with Crippen LogP contribution in [0.15, 0.2) is 12.2 Å². The van der Waals surface area contributed by atoms with Crippen LogP contribution in [-0.2, 0) is 23.8 Å². The topological polar surface area (TPSA) is 111 Å². The van der Waals surface area contributed by atoms with Gasteiger partial charge < -0.3 is 15.4 Å². The van der Waals surface area contributed by atoms with Gasteiger partial charge >= 0.3 is 12.0 Å². The predicted molar refractivity (Wildman–Crippen MR) is 68.0 cm³/mol. The van der Waals surface area contributed by atoms with Crippen molar-refractivity contribution in [1.29, 1.82) is 0 Å². The summed E-state index contributed by atoms with van der Waals surface area (Å²) >= 11 is 0. The van der Waals surface area contributed by atoms with Crippen molar-refractivity contribution in [2.24, 2.45) is 0 Å². The maximum Gasteiger partial charge on any atom is 0.333 e. The number of carbonyl (C=O) groups excluding carboxylic acids is 2. The largest absolute Gasteiger partial charge is 0.460 e. The Morgan fingerprint density at radius 3 is 2.32 bits per heavy atom. The molecule has 0 unspecified atom stereocenters. The van der Waals surface area contributed by atoms with Gasteiger partial charge in [0.1, 0.15) is 6.61 Å². The van der Waals surface area contributed by atoms with E-state index in [4.69, 9.17) is 4.74 Å². The zero-order valence-corrected chi connectivity index (χ0v) is 11.7. The normalized spacial score (nSPS) is 10.6. The molecule has 19 heavy (non-hydrogen) atoms. The number of carbonyl (C=O) groups is 2. The summed E-state index contributed by atoms with van der Waals surface area (Å²) < 4.78 is 30.8. The van der Waals surface area contributed by atoms with Crippen molar-refractivity contribution >= 4 is 22.1 Å². The number of amides is 2. The molecule has 0 aliphatic heterocycles. The van der Waals surface area contributed by atoms with E-state index < -0.39 is 22.1 Å². The molecule has 0 spiro atoms. The molecule has 110 valence electrons. The number of urea groups is 1. The van der Waals surface area contributed by atoms with Crippen LogP contribution in [0.3, 0.4) is 0 Å². The van der Waals surface area contributed by atoms with E-state index in [-0.39, 0.29) is 31.0 Å². The Morgan fingerprint density at radius 1 is 1.21 bits per heavy atom. The van der Waals surface area contributed by atoms with Crippen LogP contribution in [0.25, 0.3) is 0 Å². The Morgan fingerprint density at radius 2 is 1.79 bits per heavy atom. The second-order valence-electron chi connectivity index (χ2n) is 3.53. The molecule has 0 aliphatic rings. The lowest BCUT2D eigenvalue weighted by molar-refractivity contribution is -0.138. The summed E-state index contributed by atoms with van der Waals surface area (Å²) in [7, 11) is -2.54. The Kier molecular flexibility index (Phi) is 7.77. The van der Waals surface area contributed by atoms with E-state index in [1.807, 2.05) is 0 Å². The fourth-order valence-electron chi connectivity index (χ4n) is 0.867. The third-order valence-corrected chi connectivity index (χ3v) is 3.07. The second kappa shape index (κ2) is 8.48. The van der Waals surface area contributed by atoms with Crippen LogP contribution < -0.4 is 10.6 Å². The quantitative estimate of drug-likeness (QED) is 0.267. The van der Waals surface area contributed by atoms with Gasteiger partial charge in [-0.1, -0.05) is 6.58 Å². The minimum atomic E-state index is -3.58. The van der Waals surface area contributed by atoms with Crippen molar-refractivity contribution in [2.75, 3.05) is 32.6 Å². The Balaban J connectivity index is 3.66. The molecule has 0 aliphatic carbocycles. The van der Waals surface area contributed by atoms with Gasteiger partial charge in [-0.25, -0.2) is 9.59 Å². The lowest BCUT2D eigenvalue weighted by Gasteiger charge is -2.08. The van der Waals surface area contributed by atoms with Crippen LogP contribution >= 0.6 is 0 Å². The highest BCUT2D eigenvalue weighted by molar-refractivity contribution is 7.86. The molecule has 0 aromatic rings. The van der Waals surface area contributed by atoms with Crippen molar-refractivity contribution in [2.45, 2.75) is 6.92 Å². The molecular weight excluding hydrogens is 276 g/mol. The molecule has 0 saturated heterocycles. The van der Waals surface area contributed by atoms with Crippen molar-refractivity contribution in [3.8, 4) is 0 Å². The maximum absolute atomic E-state index is 11.2. The molecular formula is C10H18N2O6S. The van der Waals surface area contributed by atoms with E-state index in [9.17, 15) is 18.0 Å². The van der Waals surface area contributed by atoms with Crippen molar-refractivity contribution in [3.05, 3.63) is 12.2 Å². The highest BCUT2D eigenvalue weighted by Crippen LogP contribution is 1.90. The van der Waals surface area contributed by atoms with E-state index in [1.165, 1.54) is 6.92 Å². The van der Waals surface area contributed by atoms with Crippen LogP contribution in [0.1, 0.15) is 6.92 Å².